The van der Waals surface area contributed by atoms with Crippen LogP contribution in [0.1, 0.15) is 110 Å². The number of unbranched alkanes of at least 4 members (excludes halogenated alkanes) is 10. The van der Waals surface area contributed by atoms with Gasteiger partial charge in [0.05, 0.1) is 5.69 Å². The van der Waals surface area contributed by atoms with Crippen LogP contribution in [0, 0.1) is 0 Å². The molecule has 3 aromatic rings. The molecule has 0 aliphatic rings. The molecule has 1 aromatic carbocycles. The molecule has 0 bridgehead atoms. The molecule has 7 nitrogen and oxygen atoms in total. The highest BCUT2D eigenvalue weighted by atomic mass is 35.5. The number of H-pyrrole nitrogens is 1. The van der Waals surface area contributed by atoms with Crippen LogP contribution in [0.15, 0.2) is 36.8 Å². The Morgan fingerprint density at radius 3 is 2.11 bits per heavy atom. The fourth-order valence-electron chi connectivity index (χ4n) is 4.35. The van der Waals surface area contributed by atoms with Gasteiger partial charge in [0.2, 0.25) is 0 Å². The Labute approximate surface area is 231 Å². The first kappa shape index (κ1) is 29.8. The number of carbonyl (C=O) groups excluding carboxylic acids is 1. The first-order valence-electron chi connectivity index (χ1n) is 14.0. The van der Waals surface area contributed by atoms with Gasteiger partial charge in [-0.05, 0) is 37.3 Å². The van der Waals surface area contributed by atoms with Gasteiger partial charge in [-0.25, -0.2) is 4.98 Å². The number of fused-ring (bicyclic) bond motifs is 1. The highest BCUT2D eigenvalue weighted by molar-refractivity contribution is 6.34. The van der Waals surface area contributed by atoms with Crippen LogP contribution >= 0.6 is 11.6 Å². The van der Waals surface area contributed by atoms with E-state index in [1.807, 2.05) is 12.1 Å². The van der Waals surface area contributed by atoms with E-state index in [2.05, 4.69) is 49.5 Å². The molecule has 0 fully saturated rings. The van der Waals surface area contributed by atoms with Crippen molar-refractivity contribution >= 4 is 23.2 Å². The number of benzene rings is 1. The van der Waals surface area contributed by atoms with E-state index in [0.717, 1.165) is 30.5 Å². The summed E-state index contributed by atoms with van der Waals surface area (Å²) in [5, 5.41) is 8.30. The molecule has 0 saturated carbocycles. The first-order chi connectivity index (χ1) is 18.2. The summed E-state index contributed by atoms with van der Waals surface area (Å²) >= 11 is 6.52. The van der Waals surface area contributed by atoms with Crippen LogP contribution in [0.3, 0.4) is 0 Å². The number of nitrogens with one attached hydrogen (secondary N) is 1. The van der Waals surface area contributed by atoms with E-state index in [0.29, 0.717) is 28.7 Å². The van der Waals surface area contributed by atoms with Crippen molar-refractivity contribution in [1.82, 2.24) is 19.8 Å². The number of aromatic nitrogens is 4. The third-order valence-electron chi connectivity index (χ3n) is 6.55. The Morgan fingerprint density at radius 1 is 0.974 bits per heavy atom. The molecule has 0 amide bonds. The number of nitrogens with zero attached hydrogens (tertiary/aromatic N) is 3. The Kier molecular flexibility index (Phi) is 11.3. The fourth-order valence-corrected chi connectivity index (χ4v) is 4.80. The Morgan fingerprint density at radius 2 is 1.55 bits per heavy atom. The summed E-state index contributed by atoms with van der Waals surface area (Å²) in [6.07, 6.45) is 14.0. The van der Waals surface area contributed by atoms with Gasteiger partial charge < -0.3 is 9.47 Å². The van der Waals surface area contributed by atoms with Crippen LogP contribution < -0.4 is 4.74 Å². The zero-order valence-electron chi connectivity index (χ0n) is 23.4. The van der Waals surface area contributed by atoms with Crippen molar-refractivity contribution in [2.75, 3.05) is 0 Å². The Balaban J connectivity index is 1.35. The molecule has 2 aromatic heterocycles. The molecule has 8 heteroatoms. The molecule has 0 spiro atoms. The van der Waals surface area contributed by atoms with Crippen LogP contribution in [-0.4, -0.2) is 25.8 Å². The van der Waals surface area contributed by atoms with E-state index < -0.39 is 0 Å². The topological polar surface area (TPSA) is 81.5 Å². The molecule has 0 saturated heterocycles. The third-order valence-corrected chi connectivity index (χ3v) is 6.91. The minimum atomic E-state index is -0.314. The predicted octanol–water partition coefficient (Wildman–Crippen LogP) is 8.77. The quantitative estimate of drug-likeness (QED) is 0.111. The lowest BCUT2D eigenvalue weighted by atomic mass is 9.92. The summed E-state index contributed by atoms with van der Waals surface area (Å²) in [4.78, 5) is 16.7. The van der Waals surface area contributed by atoms with Gasteiger partial charge in [-0.2, -0.15) is 4.63 Å². The third kappa shape index (κ3) is 8.90. The van der Waals surface area contributed by atoms with E-state index in [9.17, 15) is 4.79 Å². The monoisotopic (exact) mass is 542 g/mol. The largest absolute Gasteiger partial charge is 0.426 e. The van der Waals surface area contributed by atoms with Crippen LogP contribution in [-0.2, 0) is 14.9 Å². The second kappa shape index (κ2) is 14.4. The molecular weight excluding hydrogens is 500 g/mol. The summed E-state index contributed by atoms with van der Waals surface area (Å²) in [7, 11) is 0. The van der Waals surface area contributed by atoms with Gasteiger partial charge >= 0.3 is 5.97 Å². The number of halogens is 1. The minimum absolute atomic E-state index is 0.0271. The van der Waals surface area contributed by atoms with E-state index in [4.69, 9.17) is 21.1 Å². The van der Waals surface area contributed by atoms with Gasteiger partial charge in [-0.3, -0.25) is 9.89 Å². The summed E-state index contributed by atoms with van der Waals surface area (Å²) < 4.78 is 12.4. The molecule has 3 rings (SSSR count). The number of esters is 1. The summed E-state index contributed by atoms with van der Waals surface area (Å²) in [6, 6.07) is 7.19. The zero-order chi connectivity index (χ0) is 27.5. The standard InChI is InChI=1S/C30H43ClN4O3/c1-6-7-8-9-10-11-12-13-14-15-16-17-25(36)38-22(2)37-24-20-18-23(19-21-24)28-32-29-26(31)27(30(3,4)5)33-35(29)34-28/h18-21,33H,2,6-17H2,1,3-5H3. The Hall–Kier alpha value is -2.80. The lowest BCUT2D eigenvalue weighted by Crippen LogP contribution is -2.12. The maximum atomic E-state index is 12.1. The number of hydrogen-bond acceptors (Lipinski definition) is 5. The van der Waals surface area contributed by atoms with E-state index >= 15 is 0 Å². The van der Waals surface area contributed by atoms with Gasteiger partial charge in [0.25, 0.3) is 5.95 Å². The van der Waals surface area contributed by atoms with Crippen LogP contribution in [0.5, 0.6) is 5.75 Å². The molecule has 0 atom stereocenters. The zero-order valence-corrected chi connectivity index (χ0v) is 24.2. The molecule has 2 heterocycles. The van der Waals surface area contributed by atoms with E-state index in [1.165, 1.54) is 51.4 Å². The summed E-state index contributed by atoms with van der Waals surface area (Å²) in [6.45, 7) is 12.2. The molecule has 0 aliphatic heterocycles. The normalized spacial score (nSPS) is 11.7. The lowest BCUT2D eigenvalue weighted by molar-refractivity contribution is -0.142. The second-order valence-electron chi connectivity index (χ2n) is 11.0. The number of hydrogen-bond donors (Lipinski definition) is 1. The second-order valence-corrected chi connectivity index (χ2v) is 11.4. The van der Waals surface area contributed by atoms with Gasteiger partial charge in [0.1, 0.15) is 10.8 Å². The molecule has 0 aliphatic carbocycles. The predicted molar refractivity (Wildman–Crippen MR) is 153 cm³/mol. The van der Waals surface area contributed by atoms with E-state index in [-0.39, 0.29) is 17.3 Å². The van der Waals surface area contributed by atoms with Crippen LogP contribution in [0.2, 0.25) is 5.02 Å². The van der Waals surface area contributed by atoms with Crippen molar-refractivity contribution in [3.05, 3.63) is 47.5 Å². The maximum Gasteiger partial charge on any atom is 0.313 e. The number of ether oxygens (including phenoxy) is 2. The highest BCUT2D eigenvalue weighted by Crippen LogP contribution is 2.32. The minimum Gasteiger partial charge on any atom is -0.426 e. The maximum absolute atomic E-state index is 12.1. The van der Waals surface area contributed by atoms with Gasteiger partial charge in [-0.1, -0.05) is 104 Å². The van der Waals surface area contributed by atoms with Gasteiger partial charge in [0.15, 0.2) is 11.5 Å². The van der Waals surface area contributed by atoms with Crippen LogP contribution in [0.4, 0.5) is 0 Å². The lowest BCUT2D eigenvalue weighted by Gasteiger charge is -2.16. The number of rotatable bonds is 16. The van der Waals surface area contributed by atoms with Gasteiger partial charge in [-0.15, -0.1) is 5.10 Å². The highest BCUT2D eigenvalue weighted by Gasteiger charge is 2.24. The average molecular weight is 543 g/mol. The fraction of sp³-hybridized carbons (Fsp3) is 0.567. The summed E-state index contributed by atoms with van der Waals surface area (Å²) in [5.74, 6) is 0.716. The number of aromatic amines is 1. The van der Waals surface area contributed by atoms with Crippen molar-refractivity contribution in [3.63, 3.8) is 0 Å². The van der Waals surface area contributed by atoms with Crippen LogP contribution in [0.25, 0.3) is 17.0 Å². The van der Waals surface area contributed by atoms with Crippen molar-refractivity contribution < 1.29 is 14.3 Å². The van der Waals surface area contributed by atoms with Crippen molar-refractivity contribution in [2.24, 2.45) is 0 Å². The molecule has 0 radical (unpaired) electrons. The number of carbonyl (C=O) groups is 1. The SMILES string of the molecule is C=C(OC(=O)CCCCCCCCCCCCC)Oc1ccc(-c2nc3c(Cl)c(C(C)(C)C)[nH]n3n2)cc1. The molecular formula is C30H43ClN4O3. The molecule has 208 valence electrons. The smallest absolute Gasteiger partial charge is 0.313 e. The first-order valence-corrected chi connectivity index (χ1v) is 14.4. The Bertz CT molecular complexity index is 1170. The van der Waals surface area contributed by atoms with Crippen molar-refractivity contribution in [3.8, 4) is 17.1 Å². The van der Waals surface area contributed by atoms with E-state index in [1.54, 1.807) is 16.8 Å². The summed E-state index contributed by atoms with van der Waals surface area (Å²) in [5.41, 5.74) is 2.14. The molecule has 0 unspecified atom stereocenters. The molecule has 38 heavy (non-hydrogen) atoms. The van der Waals surface area contributed by atoms with Crippen molar-refractivity contribution in [1.29, 1.82) is 0 Å². The average Bonchev–Trinajstić information content (AvgIpc) is 3.42. The van der Waals surface area contributed by atoms with Crippen molar-refractivity contribution in [2.45, 2.75) is 110 Å². The van der Waals surface area contributed by atoms with Gasteiger partial charge in [0, 0.05) is 17.4 Å². The molecule has 1 N–H and O–H groups in total.